The zero-order chi connectivity index (χ0) is 12.3. The molecule has 0 fully saturated rings. The second-order valence-electron chi connectivity index (χ2n) is 4.04. The zero-order valence-electron chi connectivity index (χ0n) is 10.5. The number of hydrogen-bond acceptors (Lipinski definition) is 2. The van der Waals surface area contributed by atoms with Gasteiger partial charge in [0.1, 0.15) is 7.05 Å². The molecule has 96 valence electrons. The molecule has 1 aromatic carbocycles. The first-order chi connectivity index (χ1) is 8.22. The largest absolute Gasteiger partial charge is 1.00 e. The Labute approximate surface area is 124 Å². The van der Waals surface area contributed by atoms with Crippen LogP contribution >= 0.6 is 0 Å². The number of hydrogen-bond donors (Lipinski definition) is 0. The molecule has 0 saturated heterocycles. The van der Waals surface area contributed by atoms with Crippen LogP contribution in [-0.2, 0) is 23.0 Å². The summed E-state index contributed by atoms with van der Waals surface area (Å²) < 4.78 is 6.74. The first-order valence-electron chi connectivity index (χ1n) is 5.65. The van der Waals surface area contributed by atoms with Gasteiger partial charge >= 0.3 is 5.97 Å². The van der Waals surface area contributed by atoms with Gasteiger partial charge in [-0.1, -0.05) is 18.2 Å². The van der Waals surface area contributed by atoms with E-state index in [-0.39, 0.29) is 29.9 Å². The van der Waals surface area contributed by atoms with E-state index in [2.05, 4.69) is 27.5 Å². The van der Waals surface area contributed by atoms with E-state index in [4.69, 9.17) is 0 Å². The van der Waals surface area contributed by atoms with E-state index in [1.165, 1.54) is 17.9 Å². The number of esters is 1. The van der Waals surface area contributed by atoms with Crippen LogP contribution in [0.3, 0.4) is 0 Å². The SMILES string of the molecule is COC(=O)CCc1c2ccccc2cc[n+]1C.[I-]. The van der Waals surface area contributed by atoms with E-state index >= 15 is 0 Å². The number of benzene rings is 1. The van der Waals surface area contributed by atoms with Gasteiger partial charge < -0.3 is 28.7 Å². The van der Waals surface area contributed by atoms with Gasteiger partial charge in [-0.3, -0.25) is 4.79 Å². The molecule has 0 saturated carbocycles. The average Bonchev–Trinajstić information content (AvgIpc) is 2.37. The number of ether oxygens (including phenoxy) is 1. The molecule has 0 N–H and O–H groups in total. The molecule has 0 aliphatic rings. The van der Waals surface area contributed by atoms with Crippen LogP contribution in [0.4, 0.5) is 0 Å². The van der Waals surface area contributed by atoms with Crippen LogP contribution < -0.4 is 28.5 Å². The highest BCUT2D eigenvalue weighted by Gasteiger charge is 2.13. The van der Waals surface area contributed by atoms with Gasteiger partial charge in [-0.05, 0) is 11.5 Å². The van der Waals surface area contributed by atoms with Crippen molar-refractivity contribution in [3.8, 4) is 0 Å². The Morgan fingerprint density at radius 2 is 2.00 bits per heavy atom. The summed E-state index contributed by atoms with van der Waals surface area (Å²) in [4.78, 5) is 11.2. The van der Waals surface area contributed by atoms with Crippen LogP contribution in [0, 0.1) is 0 Å². The highest BCUT2D eigenvalue weighted by atomic mass is 127. The van der Waals surface area contributed by atoms with Crippen LogP contribution in [0.5, 0.6) is 0 Å². The maximum absolute atomic E-state index is 11.2. The third kappa shape index (κ3) is 3.19. The number of halogens is 1. The third-order valence-electron chi connectivity index (χ3n) is 2.97. The summed E-state index contributed by atoms with van der Waals surface area (Å²) in [5.74, 6) is -0.169. The lowest BCUT2D eigenvalue weighted by Gasteiger charge is -2.04. The average molecular weight is 357 g/mol. The molecule has 0 aliphatic heterocycles. The summed E-state index contributed by atoms with van der Waals surface area (Å²) in [6.45, 7) is 0. The van der Waals surface area contributed by atoms with Gasteiger partial charge in [0.15, 0.2) is 11.9 Å². The Morgan fingerprint density at radius 3 is 2.72 bits per heavy atom. The topological polar surface area (TPSA) is 30.2 Å². The Kier molecular flexibility index (Phi) is 5.53. The monoisotopic (exact) mass is 357 g/mol. The number of aromatic nitrogens is 1. The molecule has 0 spiro atoms. The smallest absolute Gasteiger partial charge is 0.306 e. The first kappa shape index (κ1) is 14.9. The molecule has 0 amide bonds. The van der Waals surface area contributed by atoms with Crippen molar-refractivity contribution in [2.24, 2.45) is 7.05 Å². The molecule has 0 aliphatic carbocycles. The normalized spacial score (nSPS) is 9.89. The summed E-state index contributed by atoms with van der Waals surface area (Å²) >= 11 is 0. The first-order valence-corrected chi connectivity index (χ1v) is 5.65. The lowest BCUT2D eigenvalue weighted by Crippen LogP contribution is -3.00. The minimum atomic E-state index is -0.169. The van der Waals surface area contributed by atoms with Gasteiger partial charge in [0, 0.05) is 17.9 Å². The fraction of sp³-hybridized carbons (Fsp3) is 0.286. The Hall–Kier alpha value is -1.17. The fourth-order valence-corrected chi connectivity index (χ4v) is 2.01. The van der Waals surface area contributed by atoms with E-state index in [9.17, 15) is 4.79 Å². The molecule has 0 radical (unpaired) electrons. The quantitative estimate of drug-likeness (QED) is 0.392. The highest BCUT2D eigenvalue weighted by molar-refractivity contribution is 5.83. The van der Waals surface area contributed by atoms with Gasteiger partial charge in [0.2, 0.25) is 0 Å². The summed E-state index contributed by atoms with van der Waals surface area (Å²) in [7, 11) is 3.42. The third-order valence-corrected chi connectivity index (χ3v) is 2.97. The summed E-state index contributed by atoms with van der Waals surface area (Å²) in [6.07, 6.45) is 3.14. The van der Waals surface area contributed by atoms with Crippen molar-refractivity contribution in [2.45, 2.75) is 12.8 Å². The zero-order valence-corrected chi connectivity index (χ0v) is 12.7. The Morgan fingerprint density at radius 1 is 1.28 bits per heavy atom. The van der Waals surface area contributed by atoms with E-state index in [1.54, 1.807) is 0 Å². The van der Waals surface area contributed by atoms with Gasteiger partial charge in [0.25, 0.3) is 0 Å². The van der Waals surface area contributed by atoms with Gasteiger partial charge in [-0.2, -0.15) is 0 Å². The number of carbonyl (C=O) groups excluding carboxylic acids is 1. The number of aryl methyl sites for hydroxylation is 2. The lowest BCUT2D eigenvalue weighted by molar-refractivity contribution is -0.677. The lowest BCUT2D eigenvalue weighted by atomic mass is 10.1. The molecule has 4 heteroatoms. The number of rotatable bonds is 3. The predicted molar refractivity (Wildman–Crippen MR) is 65.5 cm³/mol. The second kappa shape index (κ2) is 6.68. The number of methoxy groups -OCH3 is 1. The molecule has 1 heterocycles. The van der Waals surface area contributed by atoms with E-state index < -0.39 is 0 Å². The number of pyridine rings is 1. The highest BCUT2D eigenvalue weighted by Crippen LogP contribution is 2.16. The van der Waals surface area contributed by atoms with E-state index in [0.717, 1.165) is 5.69 Å². The second-order valence-corrected chi connectivity index (χ2v) is 4.04. The number of fused-ring (bicyclic) bond motifs is 1. The maximum atomic E-state index is 11.2. The number of nitrogens with zero attached hydrogens (tertiary/aromatic N) is 1. The standard InChI is InChI=1S/C14H16NO2.HI/c1-15-10-9-11-5-3-4-6-12(11)13(15)7-8-14(16)17-2;/h3-6,9-10H,7-8H2,1-2H3;1H/q+1;/p-1. The fourth-order valence-electron chi connectivity index (χ4n) is 2.01. The Balaban J connectivity index is 0.00000162. The van der Waals surface area contributed by atoms with Gasteiger partial charge in [-0.15, -0.1) is 0 Å². The van der Waals surface area contributed by atoms with Crippen LogP contribution in [0.2, 0.25) is 0 Å². The molecule has 0 unspecified atom stereocenters. The van der Waals surface area contributed by atoms with E-state index in [0.29, 0.717) is 12.8 Å². The molecular weight excluding hydrogens is 341 g/mol. The van der Waals surface area contributed by atoms with Gasteiger partial charge in [-0.25, -0.2) is 4.57 Å². The summed E-state index contributed by atoms with van der Waals surface area (Å²) in [6, 6.07) is 10.3. The minimum absolute atomic E-state index is 0. The van der Waals surface area contributed by atoms with Crippen molar-refractivity contribution in [2.75, 3.05) is 7.11 Å². The molecule has 0 bridgehead atoms. The van der Waals surface area contributed by atoms with Crippen LogP contribution in [-0.4, -0.2) is 13.1 Å². The van der Waals surface area contributed by atoms with Crippen molar-refractivity contribution in [3.05, 3.63) is 42.2 Å². The predicted octanol–water partition coefficient (Wildman–Crippen LogP) is -1.23. The van der Waals surface area contributed by atoms with Crippen molar-refractivity contribution >= 4 is 16.7 Å². The molecular formula is C14H16INO2. The minimum Gasteiger partial charge on any atom is -1.00 e. The van der Waals surface area contributed by atoms with Crippen LogP contribution in [0.15, 0.2) is 36.5 Å². The molecule has 0 atom stereocenters. The van der Waals surface area contributed by atoms with Crippen LogP contribution in [0.1, 0.15) is 12.1 Å². The van der Waals surface area contributed by atoms with Crippen molar-refractivity contribution < 1.29 is 38.1 Å². The molecule has 1 aromatic heterocycles. The summed E-state index contributed by atoms with van der Waals surface area (Å²) in [5.41, 5.74) is 1.16. The molecule has 2 rings (SSSR count). The number of carbonyl (C=O) groups is 1. The van der Waals surface area contributed by atoms with Crippen LogP contribution in [0.25, 0.3) is 10.8 Å². The molecule has 2 aromatic rings. The van der Waals surface area contributed by atoms with Crippen molar-refractivity contribution in [3.63, 3.8) is 0 Å². The van der Waals surface area contributed by atoms with E-state index in [1.807, 2.05) is 25.4 Å². The van der Waals surface area contributed by atoms with Crippen molar-refractivity contribution in [1.29, 1.82) is 0 Å². The van der Waals surface area contributed by atoms with Gasteiger partial charge in [0.05, 0.1) is 13.5 Å². The maximum Gasteiger partial charge on any atom is 0.306 e. The Bertz CT molecular complexity index is 554. The van der Waals surface area contributed by atoms with Crippen molar-refractivity contribution in [1.82, 2.24) is 0 Å². The molecule has 18 heavy (non-hydrogen) atoms. The molecule has 3 nitrogen and oxygen atoms in total. The summed E-state index contributed by atoms with van der Waals surface area (Å²) in [5, 5.41) is 2.40.